The van der Waals surface area contributed by atoms with Crippen molar-refractivity contribution in [1.82, 2.24) is 4.90 Å². The summed E-state index contributed by atoms with van der Waals surface area (Å²) in [6.45, 7) is 4.35. The fourth-order valence-electron chi connectivity index (χ4n) is 6.34. The minimum atomic E-state index is -0.655. The van der Waals surface area contributed by atoms with Crippen LogP contribution in [-0.2, 0) is 14.4 Å². The molecule has 3 heterocycles. The van der Waals surface area contributed by atoms with Crippen molar-refractivity contribution in [2.24, 2.45) is 11.8 Å². The van der Waals surface area contributed by atoms with Gasteiger partial charge in [0.2, 0.25) is 17.7 Å². The molecule has 0 radical (unpaired) electrons. The Morgan fingerprint density at radius 2 is 1.75 bits per heavy atom. The van der Waals surface area contributed by atoms with Crippen LogP contribution in [0, 0.1) is 25.7 Å². The summed E-state index contributed by atoms with van der Waals surface area (Å²) in [5.41, 5.74) is 3.42. The van der Waals surface area contributed by atoms with Crippen molar-refractivity contribution >= 4 is 40.9 Å². The van der Waals surface area contributed by atoms with E-state index in [0.717, 1.165) is 29.7 Å². The molecule has 3 N–H and O–H groups in total. The van der Waals surface area contributed by atoms with Gasteiger partial charge in [-0.05, 0) is 62.8 Å². The van der Waals surface area contributed by atoms with Gasteiger partial charge in [0.25, 0.3) is 0 Å². The summed E-state index contributed by atoms with van der Waals surface area (Å²) in [6, 6.07) is 14.5. The Balaban J connectivity index is 1.47. The lowest BCUT2D eigenvalue weighted by Crippen LogP contribution is -2.51. The third kappa shape index (κ3) is 4.10. The number of nitrogens with one attached hydrogen (secondary N) is 2. The maximum Gasteiger partial charge on any atom is 0.248 e. The Kier molecular flexibility index (Phi) is 6.83. The molecule has 8 heteroatoms. The van der Waals surface area contributed by atoms with Gasteiger partial charge in [-0.25, -0.2) is 0 Å². The Labute approximate surface area is 216 Å². The highest BCUT2D eigenvalue weighted by molar-refractivity contribution is 8.02. The van der Waals surface area contributed by atoms with E-state index in [2.05, 4.69) is 10.6 Å². The molecule has 0 aliphatic carbocycles. The molecule has 3 fully saturated rings. The first-order chi connectivity index (χ1) is 17.4. The van der Waals surface area contributed by atoms with Crippen molar-refractivity contribution in [3.63, 3.8) is 0 Å². The number of anilines is 2. The number of rotatable bonds is 8. The third-order valence-corrected chi connectivity index (χ3v) is 9.88. The summed E-state index contributed by atoms with van der Waals surface area (Å²) in [5, 5.41) is 15.5. The van der Waals surface area contributed by atoms with E-state index >= 15 is 0 Å². The lowest BCUT2D eigenvalue weighted by molar-refractivity contribution is -0.138. The van der Waals surface area contributed by atoms with Crippen LogP contribution in [0.1, 0.15) is 36.8 Å². The normalized spacial score (nSPS) is 28.3. The van der Waals surface area contributed by atoms with Crippen LogP contribution >= 0.6 is 11.8 Å². The zero-order chi connectivity index (χ0) is 25.4. The van der Waals surface area contributed by atoms with Gasteiger partial charge in [0, 0.05) is 29.8 Å². The Morgan fingerprint density at radius 3 is 2.44 bits per heavy atom. The highest BCUT2D eigenvalue weighted by Gasteiger charge is 2.73. The quantitative estimate of drug-likeness (QED) is 0.473. The molecule has 5 rings (SSSR count). The van der Waals surface area contributed by atoms with Crippen LogP contribution in [0.15, 0.2) is 48.5 Å². The Morgan fingerprint density at radius 1 is 1.03 bits per heavy atom. The van der Waals surface area contributed by atoms with Gasteiger partial charge in [0.1, 0.15) is 6.04 Å². The number of aliphatic hydroxyl groups is 1. The molecule has 7 nitrogen and oxygen atoms in total. The predicted octanol–water partition coefficient (Wildman–Crippen LogP) is 3.74. The molecular weight excluding hydrogens is 474 g/mol. The van der Waals surface area contributed by atoms with E-state index in [-0.39, 0.29) is 29.6 Å². The summed E-state index contributed by atoms with van der Waals surface area (Å²) in [5.74, 6) is -1.46. The molecule has 3 aliphatic rings. The number of carbonyl (C=O) groups excluding carboxylic acids is 3. The minimum Gasteiger partial charge on any atom is -0.396 e. The lowest BCUT2D eigenvalue weighted by Gasteiger charge is -2.34. The van der Waals surface area contributed by atoms with E-state index in [1.807, 2.05) is 62.4 Å². The topological polar surface area (TPSA) is 98.7 Å². The summed E-state index contributed by atoms with van der Waals surface area (Å²) in [7, 11) is 0. The second-order valence-corrected chi connectivity index (χ2v) is 11.7. The second-order valence-electron chi connectivity index (χ2n) is 10.1. The second kappa shape index (κ2) is 9.90. The van der Waals surface area contributed by atoms with Crippen molar-refractivity contribution in [3.8, 4) is 0 Å². The number of aliphatic hydroxyl groups excluding tert-OH is 1. The summed E-state index contributed by atoms with van der Waals surface area (Å²) >= 11 is 1.67. The molecule has 36 heavy (non-hydrogen) atoms. The highest BCUT2D eigenvalue weighted by atomic mass is 32.2. The number of carbonyl (C=O) groups is 3. The van der Waals surface area contributed by atoms with E-state index in [1.165, 1.54) is 0 Å². The number of thioether (sulfide) groups is 1. The zero-order valence-corrected chi connectivity index (χ0v) is 21.5. The minimum absolute atomic E-state index is 0.0118. The lowest BCUT2D eigenvalue weighted by atomic mass is 9.70. The molecule has 3 saturated heterocycles. The van der Waals surface area contributed by atoms with E-state index in [4.69, 9.17) is 0 Å². The summed E-state index contributed by atoms with van der Waals surface area (Å²) in [6.07, 6.45) is 2.70. The monoisotopic (exact) mass is 507 g/mol. The molecule has 2 bridgehead atoms. The maximum absolute atomic E-state index is 13.9. The first kappa shape index (κ1) is 24.8. The smallest absolute Gasteiger partial charge is 0.248 e. The molecule has 0 saturated carbocycles. The number of fused-ring (bicyclic) bond motifs is 1. The van der Waals surface area contributed by atoms with E-state index in [9.17, 15) is 19.5 Å². The number of benzene rings is 2. The van der Waals surface area contributed by atoms with Crippen molar-refractivity contribution in [3.05, 3.63) is 59.7 Å². The number of hydrogen-bond donors (Lipinski definition) is 3. The van der Waals surface area contributed by atoms with Crippen molar-refractivity contribution < 1.29 is 19.5 Å². The molecule has 0 aromatic heterocycles. The highest BCUT2D eigenvalue weighted by Crippen LogP contribution is 2.66. The van der Waals surface area contributed by atoms with Crippen molar-refractivity contribution in [1.29, 1.82) is 0 Å². The average Bonchev–Trinajstić information content (AvgIpc) is 3.50. The van der Waals surface area contributed by atoms with Gasteiger partial charge in [0.15, 0.2) is 0 Å². The first-order valence-electron chi connectivity index (χ1n) is 12.7. The number of unbranched alkanes of at least 4 members (excludes halogenated alkanes) is 1. The molecule has 2 aromatic rings. The van der Waals surface area contributed by atoms with Crippen LogP contribution in [0.2, 0.25) is 0 Å². The van der Waals surface area contributed by atoms with Gasteiger partial charge in [-0.2, -0.15) is 0 Å². The van der Waals surface area contributed by atoms with Gasteiger partial charge in [-0.15, -0.1) is 11.8 Å². The summed E-state index contributed by atoms with van der Waals surface area (Å²) < 4.78 is -0.625. The number of hydrogen-bond acceptors (Lipinski definition) is 5. The largest absolute Gasteiger partial charge is 0.396 e. The zero-order valence-electron chi connectivity index (χ0n) is 20.7. The van der Waals surface area contributed by atoms with E-state index in [0.29, 0.717) is 25.1 Å². The van der Waals surface area contributed by atoms with Crippen molar-refractivity contribution in [2.45, 2.75) is 55.6 Å². The molecule has 190 valence electrons. The number of nitrogens with zero attached hydrogens (tertiary/aromatic N) is 1. The molecule has 3 amide bonds. The van der Waals surface area contributed by atoms with E-state index < -0.39 is 22.6 Å². The fourth-order valence-corrected chi connectivity index (χ4v) is 8.56. The molecule has 2 unspecified atom stereocenters. The standard InChI is InChI=1S/C28H33N3O4S/c1-17-9-8-10-18(2)23(17)30-26(34)24-28-14-13-20(36-28)21(25(33)29-19-11-4-3-5-12-19)22(28)27(35)31(24)15-6-7-16-32/h3-5,8-12,20-22,24,32H,6-7,13-16H2,1-2H3,(H,29,33)(H,30,34)/t20-,21+,22-,24?,28?/m0/s1. The van der Waals surface area contributed by atoms with Crippen LogP contribution in [0.5, 0.6) is 0 Å². The number of amides is 3. The maximum atomic E-state index is 13.9. The van der Waals surface area contributed by atoms with Gasteiger partial charge in [0.05, 0.1) is 16.6 Å². The van der Waals surface area contributed by atoms with Crippen molar-refractivity contribution in [2.75, 3.05) is 23.8 Å². The molecular formula is C28H33N3O4S. The van der Waals surface area contributed by atoms with Crippen LogP contribution < -0.4 is 10.6 Å². The Bertz CT molecular complexity index is 1150. The van der Waals surface area contributed by atoms with Crippen LogP contribution in [0.4, 0.5) is 11.4 Å². The number of para-hydroxylation sites is 2. The predicted molar refractivity (Wildman–Crippen MR) is 142 cm³/mol. The molecule has 2 aromatic carbocycles. The van der Waals surface area contributed by atoms with Crippen LogP contribution in [-0.4, -0.2) is 56.9 Å². The van der Waals surface area contributed by atoms with Crippen LogP contribution in [0.25, 0.3) is 0 Å². The third-order valence-electron chi connectivity index (χ3n) is 7.93. The first-order valence-corrected chi connectivity index (χ1v) is 13.6. The van der Waals surface area contributed by atoms with Gasteiger partial charge in [-0.3, -0.25) is 14.4 Å². The average molecular weight is 508 g/mol. The summed E-state index contributed by atoms with van der Waals surface area (Å²) in [4.78, 5) is 43.0. The van der Waals surface area contributed by atoms with E-state index in [1.54, 1.807) is 16.7 Å². The van der Waals surface area contributed by atoms with Gasteiger partial charge in [-0.1, -0.05) is 36.4 Å². The van der Waals surface area contributed by atoms with Gasteiger partial charge >= 0.3 is 0 Å². The SMILES string of the molecule is Cc1cccc(C)c1NC(=O)C1N(CCCCO)C(=O)[C@@H]2[C@H](C(=O)Nc3ccccc3)[C@@H]3CCC12S3. The van der Waals surface area contributed by atoms with Crippen LogP contribution in [0.3, 0.4) is 0 Å². The molecule has 3 aliphatic heterocycles. The van der Waals surface area contributed by atoms with Gasteiger partial charge < -0.3 is 20.6 Å². The fraction of sp³-hybridized carbons (Fsp3) is 0.464. The molecule has 1 spiro atoms. The number of likely N-dealkylation sites (tertiary alicyclic amines) is 1. The number of aryl methyl sites for hydroxylation is 2. The Hall–Kier alpha value is -2.84. The molecule has 5 atom stereocenters.